The highest BCUT2D eigenvalue weighted by molar-refractivity contribution is 6.08. The summed E-state index contributed by atoms with van der Waals surface area (Å²) in [7, 11) is 0. The molecule has 0 radical (unpaired) electrons. The minimum atomic E-state index is -0.817. The zero-order valence-electron chi connectivity index (χ0n) is 15.6. The van der Waals surface area contributed by atoms with Gasteiger partial charge >= 0.3 is 0 Å². The number of nitrogens with one attached hydrogen (secondary N) is 1. The van der Waals surface area contributed by atoms with Crippen molar-refractivity contribution >= 4 is 28.7 Å². The quantitative estimate of drug-likeness (QED) is 0.841. The number of hydrogen-bond donors (Lipinski definition) is 1. The van der Waals surface area contributed by atoms with Crippen LogP contribution in [0.25, 0.3) is 11.0 Å². The summed E-state index contributed by atoms with van der Waals surface area (Å²) in [6.45, 7) is 3.45. The second-order valence-electron chi connectivity index (χ2n) is 7.64. The van der Waals surface area contributed by atoms with Gasteiger partial charge in [-0.15, -0.1) is 0 Å². The normalized spacial score (nSPS) is 24.7. The van der Waals surface area contributed by atoms with Gasteiger partial charge in [0.25, 0.3) is 0 Å². The van der Waals surface area contributed by atoms with Crippen LogP contribution in [0.15, 0.2) is 34.7 Å². The Morgan fingerprint density at radius 3 is 2.37 bits per heavy atom. The molecule has 6 nitrogen and oxygen atoms in total. The summed E-state index contributed by atoms with van der Waals surface area (Å²) in [5.41, 5.74) is 0.760. The van der Waals surface area contributed by atoms with E-state index in [0.717, 1.165) is 36.7 Å². The first kappa shape index (κ1) is 17.8. The largest absolute Gasteiger partial charge is 0.459 e. The smallest absolute Gasteiger partial charge is 0.243 e. The fourth-order valence-electron chi connectivity index (χ4n) is 4.31. The molecule has 1 saturated heterocycles. The zero-order valence-corrected chi connectivity index (χ0v) is 15.6. The van der Waals surface area contributed by atoms with E-state index < -0.39 is 6.04 Å². The number of amides is 3. The lowest BCUT2D eigenvalue weighted by atomic mass is 9.81. The van der Waals surface area contributed by atoms with Crippen LogP contribution in [-0.4, -0.2) is 28.7 Å². The van der Waals surface area contributed by atoms with Gasteiger partial charge < -0.3 is 9.73 Å². The van der Waals surface area contributed by atoms with Crippen molar-refractivity contribution in [1.29, 1.82) is 0 Å². The van der Waals surface area contributed by atoms with Gasteiger partial charge in [0, 0.05) is 5.39 Å². The van der Waals surface area contributed by atoms with E-state index in [1.165, 1.54) is 4.90 Å². The summed E-state index contributed by atoms with van der Waals surface area (Å²) in [5, 5.41) is 3.85. The lowest BCUT2D eigenvalue weighted by Gasteiger charge is -2.23. The highest BCUT2D eigenvalue weighted by Crippen LogP contribution is 2.38. The van der Waals surface area contributed by atoms with Crippen LogP contribution in [-0.2, 0) is 14.4 Å². The van der Waals surface area contributed by atoms with Gasteiger partial charge in [0.05, 0.1) is 17.9 Å². The number of furan rings is 1. The van der Waals surface area contributed by atoms with Gasteiger partial charge in [0.1, 0.15) is 17.4 Å². The van der Waals surface area contributed by atoms with E-state index in [2.05, 4.69) is 5.32 Å². The maximum absolute atomic E-state index is 12.7. The van der Waals surface area contributed by atoms with E-state index in [-0.39, 0.29) is 35.6 Å². The summed E-state index contributed by atoms with van der Waals surface area (Å²) < 4.78 is 5.79. The van der Waals surface area contributed by atoms with Gasteiger partial charge in [0.2, 0.25) is 17.7 Å². The summed E-state index contributed by atoms with van der Waals surface area (Å²) in [4.78, 5) is 39.3. The molecule has 1 saturated carbocycles. The number of nitrogens with zero attached hydrogens (tertiary/aromatic N) is 1. The van der Waals surface area contributed by atoms with Crippen LogP contribution in [0.3, 0.4) is 0 Å². The number of imide groups is 1. The Kier molecular flexibility index (Phi) is 4.50. The third-order valence-corrected chi connectivity index (χ3v) is 5.87. The topological polar surface area (TPSA) is 79.6 Å². The highest BCUT2D eigenvalue weighted by atomic mass is 16.3. The zero-order chi connectivity index (χ0) is 19.1. The number of hydrogen-bond acceptors (Lipinski definition) is 4. The fourth-order valence-corrected chi connectivity index (χ4v) is 4.31. The van der Waals surface area contributed by atoms with E-state index in [9.17, 15) is 14.4 Å². The van der Waals surface area contributed by atoms with Gasteiger partial charge in [0.15, 0.2) is 0 Å². The van der Waals surface area contributed by atoms with Crippen LogP contribution in [0.4, 0.5) is 0 Å². The number of carbonyl (C=O) groups is 3. The Hall–Kier alpha value is -2.63. The van der Waals surface area contributed by atoms with Gasteiger partial charge in [-0.2, -0.15) is 0 Å². The standard InChI is InChI=1S/C21H24N2O4/c1-12(18-11-14-7-3-6-10-17(14)27-18)22-19(24)13(2)23-20(25)15-8-4-5-9-16(15)21(23)26/h3,6-7,10-13,15-16H,4-5,8-9H2,1-2H3,(H,22,24). The van der Waals surface area contributed by atoms with Crippen LogP contribution in [0.5, 0.6) is 0 Å². The molecule has 27 heavy (non-hydrogen) atoms. The van der Waals surface area contributed by atoms with E-state index in [1.807, 2.05) is 37.3 Å². The Morgan fingerprint density at radius 2 is 1.74 bits per heavy atom. The Balaban J connectivity index is 1.47. The third-order valence-electron chi connectivity index (χ3n) is 5.87. The van der Waals surface area contributed by atoms with Crippen molar-refractivity contribution in [3.8, 4) is 0 Å². The van der Waals surface area contributed by atoms with Crippen LogP contribution in [0.2, 0.25) is 0 Å². The molecule has 2 aromatic rings. The molecular formula is C21H24N2O4. The molecule has 1 aromatic heterocycles. The van der Waals surface area contributed by atoms with Crippen LogP contribution < -0.4 is 5.32 Å². The lowest BCUT2D eigenvalue weighted by molar-refractivity contribution is -0.147. The summed E-state index contributed by atoms with van der Waals surface area (Å²) in [6, 6.07) is 8.36. The first-order chi connectivity index (χ1) is 13.0. The van der Waals surface area contributed by atoms with Crippen molar-refractivity contribution in [2.75, 3.05) is 0 Å². The number of para-hydroxylation sites is 1. The molecule has 1 N–H and O–H groups in total. The van der Waals surface area contributed by atoms with Crippen molar-refractivity contribution in [3.05, 3.63) is 36.1 Å². The molecule has 0 bridgehead atoms. The molecule has 3 amide bonds. The second kappa shape index (κ2) is 6.83. The number of carbonyl (C=O) groups excluding carboxylic acids is 3. The molecule has 4 unspecified atom stereocenters. The van der Waals surface area contributed by atoms with E-state index >= 15 is 0 Å². The summed E-state index contributed by atoms with van der Waals surface area (Å²) in [5.74, 6) is -0.566. The predicted octanol–water partition coefficient (Wildman–Crippen LogP) is 3.17. The molecule has 2 fully saturated rings. The second-order valence-corrected chi connectivity index (χ2v) is 7.64. The van der Waals surface area contributed by atoms with Gasteiger partial charge in [-0.1, -0.05) is 31.0 Å². The average molecular weight is 368 g/mol. The molecule has 4 atom stereocenters. The average Bonchev–Trinajstić information content (AvgIpc) is 3.21. The molecule has 2 heterocycles. The molecule has 1 aliphatic heterocycles. The first-order valence-electron chi connectivity index (χ1n) is 9.63. The number of fused-ring (bicyclic) bond motifs is 2. The Labute approximate surface area is 157 Å². The maximum Gasteiger partial charge on any atom is 0.243 e. The van der Waals surface area contributed by atoms with E-state index in [0.29, 0.717) is 5.76 Å². The lowest BCUT2D eigenvalue weighted by Crippen LogP contribution is -2.48. The van der Waals surface area contributed by atoms with Crippen molar-refractivity contribution in [2.24, 2.45) is 11.8 Å². The van der Waals surface area contributed by atoms with E-state index in [4.69, 9.17) is 4.42 Å². The van der Waals surface area contributed by atoms with Gasteiger partial charge in [-0.3, -0.25) is 19.3 Å². The third kappa shape index (κ3) is 3.03. The maximum atomic E-state index is 12.7. The van der Waals surface area contributed by atoms with Gasteiger partial charge in [-0.25, -0.2) is 0 Å². The Bertz CT molecular complexity index is 845. The number of likely N-dealkylation sites (tertiary alicyclic amines) is 1. The molecule has 2 aliphatic rings. The Morgan fingerprint density at radius 1 is 1.11 bits per heavy atom. The fraction of sp³-hybridized carbons (Fsp3) is 0.476. The van der Waals surface area contributed by atoms with Crippen molar-refractivity contribution in [1.82, 2.24) is 10.2 Å². The van der Waals surface area contributed by atoms with Gasteiger partial charge in [-0.05, 0) is 38.8 Å². The minimum absolute atomic E-state index is 0.191. The first-order valence-corrected chi connectivity index (χ1v) is 9.63. The minimum Gasteiger partial charge on any atom is -0.459 e. The number of rotatable bonds is 4. The van der Waals surface area contributed by atoms with Crippen molar-refractivity contribution in [3.63, 3.8) is 0 Å². The molecule has 6 heteroatoms. The SMILES string of the molecule is CC(NC(=O)C(C)N1C(=O)C2CCCCC2C1=O)c1cc2ccccc2o1. The highest BCUT2D eigenvalue weighted by Gasteiger charge is 2.50. The summed E-state index contributed by atoms with van der Waals surface area (Å²) >= 11 is 0. The molecular weight excluding hydrogens is 344 g/mol. The van der Waals surface area contributed by atoms with Crippen LogP contribution >= 0.6 is 0 Å². The monoisotopic (exact) mass is 368 g/mol. The molecule has 0 spiro atoms. The van der Waals surface area contributed by atoms with Crippen LogP contribution in [0.1, 0.15) is 51.3 Å². The van der Waals surface area contributed by atoms with E-state index in [1.54, 1.807) is 6.92 Å². The van der Waals surface area contributed by atoms with Crippen molar-refractivity contribution < 1.29 is 18.8 Å². The van der Waals surface area contributed by atoms with Crippen LogP contribution in [0, 0.1) is 11.8 Å². The van der Waals surface area contributed by atoms with Crippen molar-refractivity contribution in [2.45, 2.75) is 51.6 Å². The molecule has 142 valence electrons. The molecule has 1 aromatic carbocycles. The molecule has 4 rings (SSSR count). The molecule has 1 aliphatic carbocycles. The summed E-state index contributed by atoms with van der Waals surface area (Å²) in [6.07, 6.45) is 3.43. The predicted molar refractivity (Wildman–Crippen MR) is 99.5 cm³/mol. The number of benzene rings is 1.